The number of benzene rings is 2. The predicted molar refractivity (Wildman–Crippen MR) is 83.8 cm³/mol. The van der Waals surface area contributed by atoms with Crippen LogP contribution in [0.3, 0.4) is 0 Å². The van der Waals surface area contributed by atoms with Crippen LogP contribution in [-0.2, 0) is 0 Å². The molecule has 1 atom stereocenters. The molecule has 0 spiro atoms. The minimum absolute atomic E-state index is 0.0112. The van der Waals surface area contributed by atoms with E-state index in [1.54, 1.807) is 0 Å². The first kappa shape index (κ1) is 13.7. The molecule has 3 heteroatoms. The zero-order valence-corrected chi connectivity index (χ0v) is 12.1. The smallest absolute Gasteiger partial charge is 0.131 e. The summed E-state index contributed by atoms with van der Waals surface area (Å²) in [5.74, 6) is -0.188. The molecule has 3 aromatic rings. The van der Waals surface area contributed by atoms with Crippen molar-refractivity contribution in [3.8, 4) is 0 Å². The molecule has 3 rings (SSSR count). The van der Waals surface area contributed by atoms with Gasteiger partial charge in [0.15, 0.2) is 0 Å². The minimum Gasteiger partial charge on any atom is -0.309 e. The van der Waals surface area contributed by atoms with E-state index in [2.05, 4.69) is 16.4 Å². The minimum atomic E-state index is -0.188. The van der Waals surface area contributed by atoms with E-state index in [0.29, 0.717) is 5.39 Å². The molecule has 0 saturated carbocycles. The highest BCUT2D eigenvalue weighted by Crippen LogP contribution is 2.30. The fourth-order valence-corrected chi connectivity index (χ4v) is 2.78. The van der Waals surface area contributed by atoms with Gasteiger partial charge in [0.25, 0.3) is 0 Å². The molecular formula is C18H17FN2. The van der Waals surface area contributed by atoms with Gasteiger partial charge in [0.2, 0.25) is 0 Å². The van der Waals surface area contributed by atoms with Crippen LogP contribution in [0.25, 0.3) is 10.8 Å². The lowest BCUT2D eigenvalue weighted by molar-refractivity contribution is 0.636. The molecule has 1 unspecified atom stereocenters. The molecule has 2 aromatic carbocycles. The number of rotatable bonds is 3. The second-order valence-electron chi connectivity index (χ2n) is 5.20. The molecule has 0 aliphatic rings. The van der Waals surface area contributed by atoms with Crippen LogP contribution in [0.15, 0.2) is 54.9 Å². The number of hydrogen-bond donors (Lipinski definition) is 1. The Labute approximate surface area is 123 Å². The normalized spacial score (nSPS) is 12.5. The molecule has 0 amide bonds. The van der Waals surface area contributed by atoms with E-state index in [-0.39, 0.29) is 11.9 Å². The van der Waals surface area contributed by atoms with E-state index in [9.17, 15) is 4.39 Å². The van der Waals surface area contributed by atoms with Crippen LogP contribution < -0.4 is 5.32 Å². The summed E-state index contributed by atoms with van der Waals surface area (Å²) in [6.45, 7) is 2.02. The lowest BCUT2D eigenvalue weighted by Crippen LogP contribution is -2.18. The van der Waals surface area contributed by atoms with Crippen LogP contribution in [0, 0.1) is 12.7 Å². The summed E-state index contributed by atoms with van der Waals surface area (Å²) in [5, 5.41) is 4.89. The average Bonchev–Trinajstić information content (AvgIpc) is 2.51. The zero-order valence-electron chi connectivity index (χ0n) is 12.1. The SMILES string of the molecule is CNC(c1cncc(C)c1)c1ccc(F)c2ccccc12. The van der Waals surface area contributed by atoms with Crippen molar-refractivity contribution >= 4 is 10.8 Å². The van der Waals surface area contributed by atoms with E-state index in [0.717, 1.165) is 22.1 Å². The van der Waals surface area contributed by atoms with Gasteiger partial charge in [-0.15, -0.1) is 0 Å². The summed E-state index contributed by atoms with van der Waals surface area (Å²) in [7, 11) is 1.91. The summed E-state index contributed by atoms with van der Waals surface area (Å²) >= 11 is 0. The Morgan fingerprint density at radius 3 is 2.52 bits per heavy atom. The van der Waals surface area contributed by atoms with Gasteiger partial charge in [-0.2, -0.15) is 0 Å². The van der Waals surface area contributed by atoms with Crippen LogP contribution >= 0.6 is 0 Å². The van der Waals surface area contributed by atoms with Crippen LogP contribution in [0.1, 0.15) is 22.7 Å². The zero-order chi connectivity index (χ0) is 14.8. The Hall–Kier alpha value is -2.26. The number of fused-ring (bicyclic) bond motifs is 1. The van der Waals surface area contributed by atoms with E-state index in [4.69, 9.17) is 0 Å². The number of nitrogens with zero attached hydrogens (tertiary/aromatic N) is 1. The number of halogens is 1. The molecule has 0 radical (unpaired) electrons. The van der Waals surface area contributed by atoms with Crippen molar-refractivity contribution in [1.82, 2.24) is 10.3 Å². The topological polar surface area (TPSA) is 24.9 Å². The second-order valence-corrected chi connectivity index (χ2v) is 5.20. The van der Waals surface area contributed by atoms with Crippen LogP contribution in [-0.4, -0.2) is 12.0 Å². The van der Waals surface area contributed by atoms with Crippen molar-refractivity contribution in [2.75, 3.05) is 7.05 Å². The molecule has 1 heterocycles. The molecule has 0 aliphatic heterocycles. The highest BCUT2D eigenvalue weighted by molar-refractivity contribution is 5.87. The van der Waals surface area contributed by atoms with E-state index < -0.39 is 0 Å². The highest BCUT2D eigenvalue weighted by atomic mass is 19.1. The second kappa shape index (κ2) is 5.62. The van der Waals surface area contributed by atoms with E-state index in [1.807, 2.05) is 56.7 Å². The number of aromatic nitrogens is 1. The lowest BCUT2D eigenvalue weighted by Gasteiger charge is -2.19. The molecule has 21 heavy (non-hydrogen) atoms. The molecule has 1 N–H and O–H groups in total. The third-order valence-corrected chi connectivity index (χ3v) is 3.73. The summed E-state index contributed by atoms with van der Waals surface area (Å²) in [4.78, 5) is 4.26. The van der Waals surface area contributed by atoms with Crippen molar-refractivity contribution in [3.63, 3.8) is 0 Å². The Kier molecular flexibility index (Phi) is 3.67. The monoisotopic (exact) mass is 280 g/mol. The van der Waals surface area contributed by atoms with Crippen LogP contribution in [0.5, 0.6) is 0 Å². The van der Waals surface area contributed by atoms with Crippen molar-refractivity contribution in [2.45, 2.75) is 13.0 Å². The third-order valence-electron chi connectivity index (χ3n) is 3.73. The van der Waals surface area contributed by atoms with Gasteiger partial charge in [0.1, 0.15) is 5.82 Å². The molecular weight excluding hydrogens is 263 g/mol. The highest BCUT2D eigenvalue weighted by Gasteiger charge is 2.16. The maximum Gasteiger partial charge on any atom is 0.131 e. The van der Waals surface area contributed by atoms with Crippen molar-refractivity contribution in [1.29, 1.82) is 0 Å². The number of pyridine rings is 1. The molecule has 0 bridgehead atoms. The van der Waals surface area contributed by atoms with Gasteiger partial charge in [-0.1, -0.05) is 36.4 Å². The third kappa shape index (κ3) is 2.52. The lowest BCUT2D eigenvalue weighted by atomic mass is 9.94. The number of hydrogen-bond acceptors (Lipinski definition) is 2. The maximum atomic E-state index is 14.0. The standard InChI is InChI=1S/C18H17FN2/c1-12-9-13(11-21-10-12)18(20-2)16-7-8-17(19)15-6-4-3-5-14(15)16/h3-11,18,20H,1-2H3. The first-order valence-electron chi connectivity index (χ1n) is 6.96. The fraction of sp³-hybridized carbons (Fsp3) is 0.167. The predicted octanol–water partition coefficient (Wildman–Crippen LogP) is 3.99. The molecule has 1 aromatic heterocycles. The average molecular weight is 280 g/mol. The summed E-state index contributed by atoms with van der Waals surface area (Å²) < 4.78 is 14.0. The Morgan fingerprint density at radius 1 is 1.05 bits per heavy atom. The van der Waals surface area contributed by atoms with Gasteiger partial charge in [-0.05, 0) is 42.1 Å². The van der Waals surface area contributed by atoms with Crippen molar-refractivity contribution < 1.29 is 4.39 Å². The van der Waals surface area contributed by atoms with Gasteiger partial charge in [0, 0.05) is 17.8 Å². The summed E-state index contributed by atoms with van der Waals surface area (Å²) in [5.41, 5.74) is 3.25. The molecule has 0 aliphatic carbocycles. The van der Waals surface area contributed by atoms with Gasteiger partial charge in [-0.25, -0.2) is 4.39 Å². The Bertz CT molecular complexity index is 783. The number of nitrogens with one attached hydrogen (secondary N) is 1. The molecule has 0 fully saturated rings. The largest absolute Gasteiger partial charge is 0.309 e. The quantitative estimate of drug-likeness (QED) is 0.784. The van der Waals surface area contributed by atoms with Gasteiger partial charge >= 0.3 is 0 Å². The van der Waals surface area contributed by atoms with Gasteiger partial charge in [0.05, 0.1) is 6.04 Å². The Morgan fingerprint density at radius 2 is 1.81 bits per heavy atom. The molecule has 106 valence electrons. The van der Waals surface area contributed by atoms with Crippen molar-refractivity contribution in [2.24, 2.45) is 0 Å². The first-order valence-corrected chi connectivity index (χ1v) is 6.96. The maximum absolute atomic E-state index is 14.0. The van der Waals surface area contributed by atoms with E-state index in [1.165, 1.54) is 6.07 Å². The van der Waals surface area contributed by atoms with Crippen LogP contribution in [0.4, 0.5) is 4.39 Å². The van der Waals surface area contributed by atoms with Gasteiger partial charge < -0.3 is 5.32 Å². The fourth-order valence-electron chi connectivity index (χ4n) is 2.78. The molecule has 2 nitrogen and oxygen atoms in total. The van der Waals surface area contributed by atoms with Crippen molar-refractivity contribution in [3.05, 3.63) is 77.4 Å². The Balaban J connectivity index is 2.20. The van der Waals surface area contributed by atoms with Gasteiger partial charge in [-0.3, -0.25) is 4.98 Å². The summed E-state index contributed by atoms with van der Waals surface area (Å²) in [6, 6.07) is 13.0. The first-order chi connectivity index (χ1) is 10.2. The van der Waals surface area contributed by atoms with E-state index >= 15 is 0 Å². The van der Waals surface area contributed by atoms with Crippen LogP contribution in [0.2, 0.25) is 0 Å². The summed E-state index contributed by atoms with van der Waals surface area (Å²) in [6.07, 6.45) is 3.69. The number of aryl methyl sites for hydroxylation is 1. The molecule has 0 saturated heterocycles.